The zero-order valence-electron chi connectivity index (χ0n) is 11.8. The van der Waals surface area contributed by atoms with Crippen molar-refractivity contribution < 1.29 is 9.53 Å². The molecule has 5 nitrogen and oxygen atoms in total. The quantitative estimate of drug-likeness (QED) is 0.855. The van der Waals surface area contributed by atoms with Gasteiger partial charge in [-0.3, -0.25) is 10.1 Å². The summed E-state index contributed by atoms with van der Waals surface area (Å²) < 4.78 is 5.29. The lowest BCUT2D eigenvalue weighted by Crippen LogP contribution is -2.13. The first-order chi connectivity index (χ1) is 10.2. The van der Waals surface area contributed by atoms with Gasteiger partial charge >= 0.3 is 0 Å². The van der Waals surface area contributed by atoms with Crippen molar-refractivity contribution in [1.29, 1.82) is 0 Å². The van der Waals surface area contributed by atoms with Crippen LogP contribution in [0.4, 0.5) is 5.13 Å². The zero-order chi connectivity index (χ0) is 14.8. The average Bonchev–Trinajstić information content (AvgIpc) is 3.26. The average molecular weight is 321 g/mol. The van der Waals surface area contributed by atoms with E-state index in [1.807, 2.05) is 18.4 Å². The number of nitrogens with zero attached hydrogens (tertiary/aromatic N) is 2. The Balaban J connectivity index is 1.77. The number of amides is 1. The van der Waals surface area contributed by atoms with Gasteiger partial charge in [-0.15, -0.1) is 22.0 Å². The summed E-state index contributed by atoms with van der Waals surface area (Å²) in [5.41, 5.74) is 0.499. The first kappa shape index (κ1) is 14.3. The van der Waals surface area contributed by atoms with E-state index in [2.05, 4.69) is 15.5 Å². The summed E-state index contributed by atoms with van der Waals surface area (Å²) in [5.74, 6) is 0.882. The molecule has 21 heavy (non-hydrogen) atoms. The first-order valence-corrected chi connectivity index (χ1v) is 8.62. The van der Waals surface area contributed by atoms with Gasteiger partial charge < -0.3 is 4.74 Å². The van der Waals surface area contributed by atoms with Crippen LogP contribution in [0.5, 0.6) is 5.75 Å². The van der Waals surface area contributed by atoms with E-state index < -0.39 is 0 Å². The third-order valence-corrected chi connectivity index (χ3v) is 4.97. The van der Waals surface area contributed by atoms with Crippen molar-refractivity contribution in [2.75, 3.05) is 18.7 Å². The fourth-order valence-electron chi connectivity index (χ4n) is 1.93. The number of hydrogen-bond donors (Lipinski definition) is 1. The van der Waals surface area contributed by atoms with Crippen molar-refractivity contribution in [1.82, 2.24) is 10.2 Å². The smallest absolute Gasteiger partial charge is 0.261 e. The van der Waals surface area contributed by atoms with Crippen molar-refractivity contribution in [3.05, 3.63) is 28.8 Å². The molecular formula is C14H15N3O2S2. The SMILES string of the molecule is COc1cc(SC)ccc1C(=O)Nc1nnc(C2CC2)s1. The largest absolute Gasteiger partial charge is 0.496 e. The van der Waals surface area contributed by atoms with Crippen molar-refractivity contribution in [2.45, 2.75) is 23.7 Å². The molecule has 1 N–H and O–H groups in total. The van der Waals surface area contributed by atoms with Crippen LogP contribution in [0.3, 0.4) is 0 Å². The molecule has 110 valence electrons. The third kappa shape index (κ3) is 3.19. The van der Waals surface area contributed by atoms with Crippen LogP contribution in [0.15, 0.2) is 23.1 Å². The minimum absolute atomic E-state index is 0.224. The number of carbonyl (C=O) groups is 1. The minimum atomic E-state index is -0.224. The van der Waals surface area contributed by atoms with Gasteiger partial charge in [-0.2, -0.15) is 0 Å². The van der Waals surface area contributed by atoms with E-state index in [4.69, 9.17) is 4.74 Å². The Kier molecular flexibility index (Phi) is 4.12. The first-order valence-electron chi connectivity index (χ1n) is 6.58. The molecule has 0 atom stereocenters. The van der Waals surface area contributed by atoms with Crippen LogP contribution < -0.4 is 10.1 Å². The van der Waals surface area contributed by atoms with Crippen LogP contribution in [0, 0.1) is 0 Å². The van der Waals surface area contributed by atoms with Crippen LogP contribution in [0.1, 0.15) is 34.1 Å². The molecule has 0 unspecified atom stereocenters. The van der Waals surface area contributed by atoms with Crippen LogP contribution >= 0.6 is 23.1 Å². The summed E-state index contributed by atoms with van der Waals surface area (Å²) in [7, 11) is 1.56. The number of methoxy groups -OCH3 is 1. The molecule has 1 heterocycles. The molecule has 1 fully saturated rings. The highest BCUT2D eigenvalue weighted by atomic mass is 32.2. The molecule has 1 aromatic carbocycles. The van der Waals surface area contributed by atoms with E-state index in [-0.39, 0.29) is 5.91 Å². The molecule has 1 saturated carbocycles. The van der Waals surface area contributed by atoms with Crippen molar-refractivity contribution >= 4 is 34.1 Å². The van der Waals surface area contributed by atoms with Crippen LogP contribution in [0.2, 0.25) is 0 Å². The summed E-state index contributed by atoms with van der Waals surface area (Å²) in [6.45, 7) is 0. The highest BCUT2D eigenvalue weighted by Gasteiger charge is 2.28. The third-order valence-electron chi connectivity index (χ3n) is 3.24. The fraction of sp³-hybridized carbons (Fsp3) is 0.357. The van der Waals surface area contributed by atoms with E-state index in [1.54, 1.807) is 24.9 Å². The van der Waals surface area contributed by atoms with E-state index in [1.165, 1.54) is 24.2 Å². The summed E-state index contributed by atoms with van der Waals surface area (Å²) in [6.07, 6.45) is 4.33. The van der Waals surface area contributed by atoms with Crippen molar-refractivity contribution in [3.8, 4) is 5.75 Å². The van der Waals surface area contributed by atoms with Crippen LogP contribution in [0.25, 0.3) is 0 Å². The normalized spacial score (nSPS) is 14.0. The second-order valence-electron chi connectivity index (χ2n) is 4.74. The molecule has 0 saturated heterocycles. The second kappa shape index (κ2) is 6.03. The van der Waals surface area contributed by atoms with Gasteiger partial charge in [-0.25, -0.2) is 0 Å². The second-order valence-corrected chi connectivity index (χ2v) is 6.63. The number of aromatic nitrogens is 2. The number of carbonyl (C=O) groups excluding carboxylic acids is 1. The van der Waals surface area contributed by atoms with Gasteiger partial charge in [0.15, 0.2) is 0 Å². The zero-order valence-corrected chi connectivity index (χ0v) is 13.4. The molecule has 1 aliphatic carbocycles. The number of anilines is 1. The maximum Gasteiger partial charge on any atom is 0.261 e. The monoisotopic (exact) mass is 321 g/mol. The molecule has 1 amide bonds. The Bertz CT molecular complexity index is 668. The Morgan fingerprint density at radius 3 is 2.90 bits per heavy atom. The Morgan fingerprint density at radius 1 is 1.43 bits per heavy atom. The Hall–Kier alpha value is -1.60. The predicted molar refractivity (Wildman–Crippen MR) is 84.6 cm³/mol. The van der Waals surface area contributed by atoms with Gasteiger partial charge in [-0.1, -0.05) is 11.3 Å². The molecule has 0 aliphatic heterocycles. The van der Waals surface area contributed by atoms with Gasteiger partial charge in [0.1, 0.15) is 10.8 Å². The van der Waals surface area contributed by atoms with E-state index in [9.17, 15) is 4.79 Å². The molecule has 1 aromatic heterocycles. The van der Waals surface area contributed by atoms with Crippen LogP contribution in [-0.4, -0.2) is 29.5 Å². The Labute approximate surface area is 131 Å². The number of thioether (sulfide) groups is 1. The maximum absolute atomic E-state index is 12.3. The number of rotatable bonds is 5. The fourth-order valence-corrected chi connectivity index (χ4v) is 3.27. The number of nitrogens with one attached hydrogen (secondary N) is 1. The Morgan fingerprint density at radius 2 is 2.24 bits per heavy atom. The molecule has 2 aromatic rings. The highest BCUT2D eigenvalue weighted by molar-refractivity contribution is 7.98. The van der Waals surface area contributed by atoms with E-state index in [0.717, 1.165) is 9.90 Å². The summed E-state index contributed by atoms with van der Waals surface area (Å²) in [5, 5.41) is 12.5. The molecule has 0 bridgehead atoms. The van der Waals surface area contributed by atoms with Gasteiger partial charge in [-0.05, 0) is 37.3 Å². The molecule has 1 aliphatic rings. The topological polar surface area (TPSA) is 64.1 Å². The number of benzene rings is 1. The lowest BCUT2D eigenvalue weighted by atomic mass is 10.2. The highest BCUT2D eigenvalue weighted by Crippen LogP contribution is 2.42. The maximum atomic E-state index is 12.3. The van der Waals surface area contributed by atoms with Crippen molar-refractivity contribution in [3.63, 3.8) is 0 Å². The molecular weight excluding hydrogens is 306 g/mol. The number of hydrogen-bond acceptors (Lipinski definition) is 6. The van der Waals surface area contributed by atoms with Gasteiger partial charge in [0.25, 0.3) is 5.91 Å². The minimum Gasteiger partial charge on any atom is -0.496 e. The van der Waals surface area contributed by atoms with Crippen LogP contribution in [-0.2, 0) is 0 Å². The van der Waals surface area contributed by atoms with E-state index >= 15 is 0 Å². The van der Waals surface area contributed by atoms with Gasteiger partial charge in [0.05, 0.1) is 12.7 Å². The van der Waals surface area contributed by atoms with E-state index in [0.29, 0.717) is 22.4 Å². The standard InChI is InChI=1S/C14H15N3O2S2/c1-19-11-7-9(20-2)5-6-10(11)12(18)15-14-17-16-13(21-14)8-3-4-8/h5-8H,3-4H2,1-2H3,(H,15,17,18). The lowest BCUT2D eigenvalue weighted by Gasteiger charge is -2.09. The number of ether oxygens (including phenoxy) is 1. The van der Waals surface area contributed by atoms with Gasteiger partial charge in [0.2, 0.25) is 5.13 Å². The van der Waals surface area contributed by atoms with Crippen molar-refractivity contribution in [2.24, 2.45) is 0 Å². The summed E-state index contributed by atoms with van der Waals surface area (Å²) >= 11 is 3.05. The predicted octanol–water partition coefficient (Wildman–Crippen LogP) is 3.40. The van der Waals surface area contributed by atoms with Gasteiger partial charge in [0, 0.05) is 10.8 Å². The molecule has 0 spiro atoms. The lowest BCUT2D eigenvalue weighted by molar-refractivity contribution is 0.102. The molecule has 3 rings (SSSR count). The molecule has 0 radical (unpaired) electrons. The molecule has 7 heteroatoms. The summed E-state index contributed by atoms with van der Waals surface area (Å²) in [4.78, 5) is 13.4. The summed E-state index contributed by atoms with van der Waals surface area (Å²) in [6, 6.07) is 5.52.